The Balaban J connectivity index is 1.77. The number of hydrogen-bond acceptors (Lipinski definition) is 2. The van der Waals surface area contributed by atoms with Crippen molar-refractivity contribution in [1.29, 1.82) is 0 Å². The first-order valence-corrected chi connectivity index (χ1v) is 7.79. The van der Waals surface area contributed by atoms with Gasteiger partial charge in [-0.25, -0.2) is 4.79 Å². The minimum Gasteiger partial charge on any atom is -0.465 e. The highest BCUT2D eigenvalue weighted by atomic mass is 16.5. The normalized spacial score (nSPS) is 20.0. The molecule has 1 amide bonds. The molecule has 2 aromatic carbocycles. The molecule has 0 bridgehead atoms. The highest BCUT2D eigenvalue weighted by Crippen LogP contribution is 2.27. The maximum atomic E-state index is 11.3. The van der Waals surface area contributed by atoms with Gasteiger partial charge in [0.15, 0.2) is 0 Å². The van der Waals surface area contributed by atoms with Crippen LogP contribution in [0, 0.1) is 0 Å². The summed E-state index contributed by atoms with van der Waals surface area (Å²) in [6.45, 7) is 2.54. The Morgan fingerprint density at radius 2 is 2.00 bits per heavy atom. The molecule has 0 spiro atoms. The predicted molar refractivity (Wildman–Crippen MR) is 85.8 cm³/mol. The fourth-order valence-electron chi connectivity index (χ4n) is 3.04. The smallest absolute Gasteiger partial charge is 0.409 e. The average Bonchev–Trinajstić information content (AvgIpc) is 2.54. The second kappa shape index (κ2) is 6.36. The lowest BCUT2D eigenvalue weighted by Crippen LogP contribution is -2.44. The number of benzene rings is 2. The van der Waals surface area contributed by atoms with E-state index in [1.54, 1.807) is 0 Å². The minimum absolute atomic E-state index is 0.130. The van der Waals surface area contributed by atoms with E-state index in [1.165, 1.54) is 15.7 Å². The molecular formula is C18H21NO3. The van der Waals surface area contributed by atoms with Gasteiger partial charge in [0.25, 0.3) is 0 Å². The zero-order chi connectivity index (χ0) is 15.5. The third-order valence-electron chi connectivity index (χ3n) is 4.30. The molecule has 1 fully saturated rings. The zero-order valence-electron chi connectivity index (χ0n) is 12.7. The Morgan fingerprint density at radius 1 is 1.23 bits per heavy atom. The Bertz CT molecular complexity index is 670. The molecule has 116 valence electrons. The van der Waals surface area contributed by atoms with Crippen molar-refractivity contribution < 1.29 is 14.6 Å². The van der Waals surface area contributed by atoms with Crippen LogP contribution in [0.4, 0.5) is 4.79 Å². The number of piperidine rings is 1. The van der Waals surface area contributed by atoms with Crippen LogP contribution in [-0.2, 0) is 4.74 Å². The molecule has 4 heteroatoms. The van der Waals surface area contributed by atoms with E-state index in [0.717, 1.165) is 24.8 Å². The summed E-state index contributed by atoms with van der Waals surface area (Å²) in [5, 5.41) is 11.7. The summed E-state index contributed by atoms with van der Waals surface area (Å²) in [7, 11) is 0. The van der Waals surface area contributed by atoms with Crippen molar-refractivity contribution >= 4 is 16.9 Å². The lowest BCUT2D eigenvalue weighted by molar-refractivity contribution is -0.0993. The number of carbonyl (C=O) groups is 1. The molecule has 1 aliphatic heterocycles. The van der Waals surface area contributed by atoms with E-state index in [4.69, 9.17) is 4.74 Å². The molecule has 3 rings (SSSR count). The van der Waals surface area contributed by atoms with Crippen molar-refractivity contribution in [2.45, 2.75) is 38.5 Å². The van der Waals surface area contributed by atoms with Crippen LogP contribution in [0.15, 0.2) is 42.5 Å². The second-order valence-corrected chi connectivity index (χ2v) is 5.81. The Hall–Kier alpha value is -2.07. The summed E-state index contributed by atoms with van der Waals surface area (Å²) in [5.74, 6) is 0. The van der Waals surface area contributed by atoms with Crippen molar-refractivity contribution in [2.75, 3.05) is 6.54 Å². The monoisotopic (exact) mass is 299 g/mol. The van der Waals surface area contributed by atoms with Crippen LogP contribution in [0.1, 0.15) is 37.9 Å². The van der Waals surface area contributed by atoms with Crippen LogP contribution in [0.5, 0.6) is 0 Å². The van der Waals surface area contributed by atoms with E-state index in [2.05, 4.69) is 30.3 Å². The number of ether oxygens (including phenoxy) is 1. The molecule has 1 aliphatic rings. The van der Waals surface area contributed by atoms with Gasteiger partial charge >= 0.3 is 6.09 Å². The lowest BCUT2D eigenvalue weighted by Gasteiger charge is -2.35. The highest BCUT2D eigenvalue weighted by Gasteiger charge is 2.28. The fraction of sp³-hybridized carbons (Fsp3) is 0.389. The average molecular weight is 299 g/mol. The van der Waals surface area contributed by atoms with Gasteiger partial charge < -0.3 is 9.84 Å². The van der Waals surface area contributed by atoms with Gasteiger partial charge in [0.2, 0.25) is 0 Å². The van der Waals surface area contributed by atoms with E-state index < -0.39 is 6.09 Å². The minimum atomic E-state index is -0.893. The quantitative estimate of drug-likeness (QED) is 0.913. The molecule has 0 saturated carbocycles. The van der Waals surface area contributed by atoms with Gasteiger partial charge in [0.05, 0.1) is 6.10 Å². The molecule has 2 aromatic rings. The predicted octanol–water partition coefficient (Wildman–Crippen LogP) is 4.41. The molecule has 1 saturated heterocycles. The molecule has 0 radical (unpaired) electrons. The number of hydrogen-bond donors (Lipinski definition) is 1. The Morgan fingerprint density at radius 3 is 2.77 bits per heavy atom. The van der Waals surface area contributed by atoms with Gasteiger partial charge in [-0.15, -0.1) is 0 Å². The molecule has 22 heavy (non-hydrogen) atoms. The van der Waals surface area contributed by atoms with E-state index in [1.807, 2.05) is 19.1 Å². The molecule has 2 atom stereocenters. The Kier molecular flexibility index (Phi) is 4.29. The number of nitrogens with zero attached hydrogens (tertiary/aromatic N) is 1. The fourth-order valence-corrected chi connectivity index (χ4v) is 3.04. The molecule has 0 aromatic heterocycles. The summed E-state index contributed by atoms with van der Waals surface area (Å²) in [5.41, 5.74) is 1.08. The number of fused-ring (bicyclic) bond motifs is 1. The van der Waals surface area contributed by atoms with Gasteiger partial charge in [0, 0.05) is 6.54 Å². The van der Waals surface area contributed by atoms with Gasteiger partial charge in [-0.3, -0.25) is 4.90 Å². The molecule has 2 unspecified atom stereocenters. The standard InChI is InChI=1S/C18H21NO3/c1-13(22-17-8-4-5-11-19(17)18(20)21)15-10-9-14-6-2-3-7-16(14)12-15/h2-3,6-7,9-10,12-13,17H,4-5,8,11H2,1H3,(H,20,21). The summed E-state index contributed by atoms with van der Waals surface area (Å²) in [6.07, 6.45) is 1.33. The van der Waals surface area contributed by atoms with E-state index in [-0.39, 0.29) is 12.3 Å². The summed E-state index contributed by atoms with van der Waals surface area (Å²) in [6, 6.07) is 14.5. The van der Waals surface area contributed by atoms with Crippen molar-refractivity contribution in [2.24, 2.45) is 0 Å². The summed E-state index contributed by atoms with van der Waals surface area (Å²) >= 11 is 0. The van der Waals surface area contributed by atoms with E-state index in [9.17, 15) is 9.90 Å². The maximum Gasteiger partial charge on any atom is 0.409 e. The number of likely N-dealkylation sites (tertiary alicyclic amines) is 1. The topological polar surface area (TPSA) is 49.8 Å². The van der Waals surface area contributed by atoms with Crippen LogP contribution in [-0.4, -0.2) is 28.9 Å². The first-order chi connectivity index (χ1) is 10.6. The molecular weight excluding hydrogens is 278 g/mol. The Labute approximate surface area is 130 Å². The number of carboxylic acid groups (broad SMARTS) is 1. The number of rotatable bonds is 3. The van der Waals surface area contributed by atoms with Crippen LogP contribution < -0.4 is 0 Å². The van der Waals surface area contributed by atoms with Crippen LogP contribution in [0.2, 0.25) is 0 Å². The largest absolute Gasteiger partial charge is 0.465 e. The van der Waals surface area contributed by atoms with E-state index >= 15 is 0 Å². The third kappa shape index (κ3) is 3.07. The van der Waals surface area contributed by atoms with Crippen LogP contribution in [0.25, 0.3) is 10.8 Å². The highest BCUT2D eigenvalue weighted by molar-refractivity contribution is 5.83. The summed E-state index contributed by atoms with van der Waals surface area (Å²) < 4.78 is 6.05. The van der Waals surface area contributed by atoms with Gasteiger partial charge in [0.1, 0.15) is 6.23 Å². The molecule has 0 aliphatic carbocycles. The van der Waals surface area contributed by atoms with E-state index in [0.29, 0.717) is 6.54 Å². The van der Waals surface area contributed by atoms with Crippen LogP contribution >= 0.6 is 0 Å². The molecule has 1 heterocycles. The number of amides is 1. The van der Waals surface area contributed by atoms with Crippen molar-refractivity contribution in [3.8, 4) is 0 Å². The zero-order valence-corrected chi connectivity index (χ0v) is 12.7. The first kappa shape index (κ1) is 14.9. The second-order valence-electron chi connectivity index (χ2n) is 5.81. The molecule has 4 nitrogen and oxygen atoms in total. The first-order valence-electron chi connectivity index (χ1n) is 7.79. The van der Waals surface area contributed by atoms with Crippen molar-refractivity contribution in [3.63, 3.8) is 0 Å². The van der Waals surface area contributed by atoms with Gasteiger partial charge in [-0.1, -0.05) is 36.4 Å². The third-order valence-corrected chi connectivity index (χ3v) is 4.30. The maximum absolute atomic E-state index is 11.3. The van der Waals surface area contributed by atoms with Gasteiger partial charge in [-0.2, -0.15) is 0 Å². The SMILES string of the molecule is CC(OC1CCCCN1C(=O)O)c1ccc2ccccc2c1. The van der Waals surface area contributed by atoms with Gasteiger partial charge in [-0.05, 0) is 48.6 Å². The van der Waals surface area contributed by atoms with Crippen LogP contribution in [0.3, 0.4) is 0 Å². The summed E-state index contributed by atoms with van der Waals surface area (Å²) in [4.78, 5) is 12.7. The molecule has 1 N–H and O–H groups in total. The van der Waals surface area contributed by atoms with Crippen molar-refractivity contribution in [3.05, 3.63) is 48.0 Å². The lowest BCUT2D eigenvalue weighted by atomic mass is 10.0. The van der Waals surface area contributed by atoms with Crippen molar-refractivity contribution in [1.82, 2.24) is 4.90 Å².